The average Bonchev–Trinajstić information content (AvgIpc) is 2.64. The quantitative estimate of drug-likeness (QED) is 0.354. The number of nitriles is 1. The Bertz CT molecular complexity index is 854. The van der Waals surface area contributed by atoms with Gasteiger partial charge >= 0.3 is 0 Å². The molecule has 0 unspecified atom stereocenters. The van der Waals surface area contributed by atoms with Crippen LogP contribution >= 0.6 is 0 Å². The molecule has 2 aromatic rings. The monoisotopic (exact) mass is 317 g/mol. The summed E-state index contributed by atoms with van der Waals surface area (Å²) >= 11 is 0. The van der Waals surface area contributed by atoms with Crippen LogP contribution in [0.5, 0.6) is 11.5 Å². The van der Waals surface area contributed by atoms with Gasteiger partial charge in [-0.25, -0.2) is 0 Å². The topological polar surface area (TPSA) is 59.3 Å². The number of ketones is 1. The third kappa shape index (κ3) is 4.03. The number of hydrogen-bond donors (Lipinski definition) is 0. The lowest BCUT2D eigenvalue weighted by molar-refractivity contribution is 0.103. The lowest BCUT2D eigenvalue weighted by atomic mass is 10.0. The molecule has 118 valence electrons. The SMILES string of the molecule is C#CCOc1ccccc1C=C(C#N)C(=O)c1cccc(OC)c1. The van der Waals surface area contributed by atoms with Gasteiger partial charge in [-0.1, -0.05) is 36.3 Å². The molecule has 0 atom stereocenters. The Labute approximate surface area is 140 Å². The van der Waals surface area contributed by atoms with E-state index in [0.717, 1.165) is 0 Å². The zero-order chi connectivity index (χ0) is 17.4. The van der Waals surface area contributed by atoms with E-state index < -0.39 is 0 Å². The summed E-state index contributed by atoms with van der Waals surface area (Å²) in [5, 5.41) is 9.37. The summed E-state index contributed by atoms with van der Waals surface area (Å²) in [5.41, 5.74) is 0.990. The molecule has 0 saturated carbocycles. The predicted molar refractivity (Wildman–Crippen MR) is 91.7 cm³/mol. The minimum Gasteiger partial charge on any atom is -0.497 e. The number of allylic oxidation sites excluding steroid dienone is 1. The fraction of sp³-hybridized carbons (Fsp3) is 0.100. The molecule has 0 fully saturated rings. The third-order valence-corrected chi connectivity index (χ3v) is 3.23. The predicted octanol–water partition coefficient (Wildman–Crippen LogP) is 3.50. The molecule has 2 aromatic carbocycles. The second-order valence-electron chi connectivity index (χ2n) is 4.76. The number of carbonyl (C=O) groups is 1. The van der Waals surface area contributed by atoms with E-state index in [9.17, 15) is 10.1 Å². The second-order valence-corrected chi connectivity index (χ2v) is 4.76. The van der Waals surface area contributed by atoms with Gasteiger partial charge in [0.15, 0.2) is 0 Å². The van der Waals surface area contributed by atoms with E-state index in [4.69, 9.17) is 15.9 Å². The van der Waals surface area contributed by atoms with Crippen LogP contribution in [0.3, 0.4) is 0 Å². The molecule has 4 nitrogen and oxygen atoms in total. The first kappa shape index (κ1) is 16.9. The first-order chi connectivity index (χ1) is 11.7. The smallest absolute Gasteiger partial charge is 0.203 e. The van der Waals surface area contributed by atoms with Gasteiger partial charge in [0, 0.05) is 11.1 Å². The molecular weight excluding hydrogens is 302 g/mol. The zero-order valence-corrected chi connectivity index (χ0v) is 13.2. The molecule has 0 bridgehead atoms. The number of benzene rings is 2. The van der Waals surface area contributed by atoms with E-state index in [0.29, 0.717) is 22.6 Å². The van der Waals surface area contributed by atoms with Crippen molar-refractivity contribution in [3.8, 4) is 29.9 Å². The first-order valence-electron chi connectivity index (χ1n) is 7.15. The van der Waals surface area contributed by atoms with E-state index in [1.807, 2.05) is 6.07 Å². The van der Waals surface area contributed by atoms with Crippen molar-refractivity contribution in [2.45, 2.75) is 0 Å². The number of nitrogens with zero attached hydrogens (tertiary/aromatic N) is 1. The van der Waals surface area contributed by atoms with Crippen LogP contribution in [0.1, 0.15) is 15.9 Å². The highest BCUT2D eigenvalue weighted by Crippen LogP contribution is 2.23. The summed E-state index contributed by atoms with van der Waals surface area (Å²) in [6, 6.07) is 15.7. The largest absolute Gasteiger partial charge is 0.497 e. The number of carbonyl (C=O) groups excluding carboxylic acids is 1. The van der Waals surface area contributed by atoms with Gasteiger partial charge < -0.3 is 9.47 Å². The lowest BCUT2D eigenvalue weighted by Gasteiger charge is -2.07. The second kappa shape index (κ2) is 8.22. The molecule has 24 heavy (non-hydrogen) atoms. The molecule has 0 aliphatic heterocycles. The van der Waals surface area contributed by atoms with E-state index >= 15 is 0 Å². The van der Waals surface area contributed by atoms with Crippen LogP contribution in [-0.2, 0) is 0 Å². The first-order valence-corrected chi connectivity index (χ1v) is 7.15. The molecule has 2 rings (SSSR count). The van der Waals surface area contributed by atoms with E-state index in [-0.39, 0.29) is 18.0 Å². The molecule has 0 aromatic heterocycles. The van der Waals surface area contributed by atoms with E-state index in [1.165, 1.54) is 13.2 Å². The highest BCUT2D eigenvalue weighted by atomic mass is 16.5. The normalized spacial score (nSPS) is 10.4. The lowest BCUT2D eigenvalue weighted by Crippen LogP contribution is -2.03. The molecule has 0 spiro atoms. The van der Waals surface area contributed by atoms with Crippen molar-refractivity contribution < 1.29 is 14.3 Å². The summed E-state index contributed by atoms with van der Waals surface area (Å²) < 4.78 is 10.5. The van der Waals surface area contributed by atoms with E-state index in [1.54, 1.807) is 48.5 Å². The van der Waals surface area contributed by atoms with Gasteiger partial charge in [-0.3, -0.25) is 4.79 Å². The van der Waals surface area contributed by atoms with Crippen molar-refractivity contribution in [2.75, 3.05) is 13.7 Å². The molecule has 0 aliphatic rings. The van der Waals surface area contributed by atoms with Gasteiger partial charge in [0.25, 0.3) is 0 Å². The van der Waals surface area contributed by atoms with Crippen molar-refractivity contribution in [1.29, 1.82) is 5.26 Å². The third-order valence-electron chi connectivity index (χ3n) is 3.23. The fourth-order valence-electron chi connectivity index (χ4n) is 2.07. The molecule has 0 radical (unpaired) electrons. The van der Waals surface area contributed by atoms with Gasteiger partial charge in [0.2, 0.25) is 5.78 Å². The minimum absolute atomic E-state index is 0.00000992. The highest BCUT2D eigenvalue weighted by Gasteiger charge is 2.14. The van der Waals surface area contributed by atoms with Crippen molar-refractivity contribution >= 4 is 11.9 Å². The van der Waals surface area contributed by atoms with Crippen LogP contribution in [0.4, 0.5) is 0 Å². The van der Waals surface area contributed by atoms with Crippen LogP contribution in [0.25, 0.3) is 6.08 Å². The Hall–Kier alpha value is -3.50. The molecule has 0 heterocycles. The van der Waals surface area contributed by atoms with Gasteiger partial charge in [0.1, 0.15) is 29.7 Å². The number of methoxy groups -OCH3 is 1. The molecule has 0 aliphatic carbocycles. The molecular formula is C20H15NO3. The van der Waals surface area contributed by atoms with Crippen LogP contribution < -0.4 is 9.47 Å². The fourth-order valence-corrected chi connectivity index (χ4v) is 2.07. The van der Waals surface area contributed by atoms with Gasteiger partial charge in [-0.05, 0) is 24.3 Å². The molecule has 0 amide bonds. The molecule has 4 heteroatoms. The van der Waals surface area contributed by atoms with Crippen molar-refractivity contribution in [2.24, 2.45) is 0 Å². The van der Waals surface area contributed by atoms with Crippen LogP contribution in [-0.4, -0.2) is 19.5 Å². The Morgan fingerprint density at radius 3 is 2.75 bits per heavy atom. The van der Waals surface area contributed by atoms with Gasteiger partial charge in [-0.15, -0.1) is 6.42 Å². The van der Waals surface area contributed by atoms with E-state index in [2.05, 4.69) is 5.92 Å². The Morgan fingerprint density at radius 1 is 1.25 bits per heavy atom. The maximum Gasteiger partial charge on any atom is 0.203 e. The van der Waals surface area contributed by atoms with Crippen molar-refractivity contribution in [3.05, 3.63) is 65.2 Å². The van der Waals surface area contributed by atoms with Crippen LogP contribution in [0.15, 0.2) is 54.1 Å². The number of ether oxygens (including phenoxy) is 2. The summed E-state index contributed by atoms with van der Waals surface area (Å²) in [6.07, 6.45) is 6.69. The maximum absolute atomic E-state index is 12.6. The molecule has 0 saturated heterocycles. The number of terminal acetylenes is 1. The van der Waals surface area contributed by atoms with Gasteiger partial charge in [0.05, 0.1) is 7.11 Å². The van der Waals surface area contributed by atoms with Crippen molar-refractivity contribution in [3.63, 3.8) is 0 Å². The number of rotatable bonds is 6. The van der Waals surface area contributed by atoms with Crippen LogP contribution in [0, 0.1) is 23.7 Å². The molecule has 0 N–H and O–H groups in total. The maximum atomic E-state index is 12.6. The standard InChI is InChI=1S/C20H15NO3/c1-3-11-24-19-10-5-4-7-15(19)12-17(14-21)20(22)16-8-6-9-18(13-16)23-2/h1,4-10,12-13H,11H2,2H3. The zero-order valence-electron chi connectivity index (χ0n) is 13.2. The van der Waals surface area contributed by atoms with Crippen LogP contribution in [0.2, 0.25) is 0 Å². The highest BCUT2D eigenvalue weighted by molar-refractivity contribution is 6.14. The summed E-state index contributed by atoms with van der Waals surface area (Å²) in [5.74, 6) is 3.06. The Morgan fingerprint density at radius 2 is 2.04 bits per heavy atom. The minimum atomic E-state index is -0.386. The Kier molecular flexibility index (Phi) is 5.77. The van der Waals surface area contributed by atoms with Crippen molar-refractivity contribution in [1.82, 2.24) is 0 Å². The number of Topliss-reactive ketones (excluding diaryl/α,β-unsaturated/α-hetero) is 1. The number of para-hydroxylation sites is 1. The Balaban J connectivity index is 2.38. The number of hydrogen-bond acceptors (Lipinski definition) is 4. The average molecular weight is 317 g/mol. The summed E-state index contributed by atoms with van der Waals surface area (Å²) in [7, 11) is 1.52. The van der Waals surface area contributed by atoms with Gasteiger partial charge in [-0.2, -0.15) is 5.26 Å². The summed E-state index contributed by atoms with van der Waals surface area (Å²) in [6.45, 7) is 0.108. The summed E-state index contributed by atoms with van der Waals surface area (Å²) in [4.78, 5) is 12.6.